The number of benzene rings is 3. The molecule has 4 rings (SSSR count). The summed E-state index contributed by atoms with van der Waals surface area (Å²) in [5.74, 6) is 0.576. The molecule has 0 fully saturated rings. The SMILES string of the molecule is CCOc1cc(/C=C2\N=C(c3ccc(C(C)(C)C)cc3)OC2=O)ccc1OCc1ccc(F)cc1. The van der Waals surface area contributed by atoms with E-state index < -0.39 is 5.97 Å². The van der Waals surface area contributed by atoms with Gasteiger partial charge in [-0.1, -0.05) is 51.1 Å². The average molecular weight is 474 g/mol. The standard InChI is InChI=1S/C29H28FNO4/c1-5-33-26-17-20(8-15-25(26)34-18-19-6-13-23(30)14-7-19)16-24-28(32)35-27(31-24)21-9-11-22(12-10-21)29(2,3)4/h6-17H,5,18H2,1-4H3/b24-16-. The maximum Gasteiger partial charge on any atom is 0.363 e. The zero-order valence-electron chi connectivity index (χ0n) is 20.3. The molecule has 3 aromatic rings. The number of ether oxygens (including phenoxy) is 3. The third-order valence-corrected chi connectivity index (χ3v) is 5.50. The van der Waals surface area contributed by atoms with Crippen molar-refractivity contribution in [3.05, 3.63) is 100 Å². The normalized spacial score (nSPS) is 14.6. The number of carbonyl (C=O) groups excluding carboxylic acids is 1. The third-order valence-electron chi connectivity index (χ3n) is 5.50. The number of hydrogen-bond acceptors (Lipinski definition) is 5. The van der Waals surface area contributed by atoms with Crippen molar-refractivity contribution in [1.29, 1.82) is 0 Å². The minimum atomic E-state index is -0.505. The van der Waals surface area contributed by atoms with E-state index in [1.165, 1.54) is 17.7 Å². The van der Waals surface area contributed by atoms with Crippen molar-refractivity contribution in [2.45, 2.75) is 39.7 Å². The van der Waals surface area contributed by atoms with Crippen LogP contribution in [0.2, 0.25) is 0 Å². The molecule has 0 spiro atoms. The van der Waals surface area contributed by atoms with Gasteiger partial charge in [0, 0.05) is 5.56 Å². The fourth-order valence-corrected chi connectivity index (χ4v) is 3.55. The van der Waals surface area contributed by atoms with Crippen LogP contribution < -0.4 is 9.47 Å². The molecule has 180 valence electrons. The Morgan fingerprint density at radius 1 is 0.943 bits per heavy atom. The first-order chi connectivity index (χ1) is 16.7. The summed E-state index contributed by atoms with van der Waals surface area (Å²) < 4.78 is 30.2. The number of rotatable bonds is 7. The minimum Gasteiger partial charge on any atom is -0.490 e. The molecule has 0 bridgehead atoms. The van der Waals surface area contributed by atoms with Gasteiger partial charge < -0.3 is 14.2 Å². The summed E-state index contributed by atoms with van der Waals surface area (Å²) in [6, 6.07) is 19.4. The van der Waals surface area contributed by atoms with Crippen molar-refractivity contribution in [3.63, 3.8) is 0 Å². The second-order valence-electron chi connectivity index (χ2n) is 9.22. The predicted molar refractivity (Wildman–Crippen MR) is 134 cm³/mol. The van der Waals surface area contributed by atoms with Gasteiger partial charge in [-0.15, -0.1) is 0 Å². The lowest BCUT2D eigenvalue weighted by Gasteiger charge is -2.18. The van der Waals surface area contributed by atoms with Gasteiger partial charge in [0.25, 0.3) is 0 Å². The number of halogens is 1. The first-order valence-electron chi connectivity index (χ1n) is 11.5. The van der Waals surface area contributed by atoms with E-state index in [2.05, 4.69) is 25.8 Å². The minimum absolute atomic E-state index is 0.0327. The molecule has 0 atom stereocenters. The topological polar surface area (TPSA) is 57.1 Å². The number of hydrogen-bond donors (Lipinski definition) is 0. The zero-order chi connectivity index (χ0) is 25.0. The molecule has 5 nitrogen and oxygen atoms in total. The van der Waals surface area contributed by atoms with Crippen LogP contribution in [0.25, 0.3) is 6.08 Å². The number of carbonyl (C=O) groups is 1. The monoisotopic (exact) mass is 473 g/mol. The molecule has 0 unspecified atom stereocenters. The van der Waals surface area contributed by atoms with Crippen LogP contribution in [0.15, 0.2) is 77.4 Å². The Bertz CT molecular complexity index is 1270. The van der Waals surface area contributed by atoms with Crippen LogP contribution in [0.4, 0.5) is 4.39 Å². The Morgan fingerprint density at radius 3 is 2.31 bits per heavy atom. The lowest BCUT2D eigenvalue weighted by molar-refractivity contribution is -0.129. The highest BCUT2D eigenvalue weighted by Gasteiger charge is 2.25. The van der Waals surface area contributed by atoms with E-state index in [1.54, 1.807) is 30.3 Å². The molecule has 3 aromatic carbocycles. The summed E-state index contributed by atoms with van der Waals surface area (Å²) in [7, 11) is 0. The highest BCUT2D eigenvalue weighted by Crippen LogP contribution is 2.31. The second-order valence-corrected chi connectivity index (χ2v) is 9.22. The van der Waals surface area contributed by atoms with Gasteiger partial charge in [-0.3, -0.25) is 0 Å². The highest BCUT2D eigenvalue weighted by molar-refractivity contribution is 6.12. The fraction of sp³-hybridized carbons (Fsp3) is 0.241. The van der Waals surface area contributed by atoms with Crippen LogP contribution in [0, 0.1) is 5.82 Å². The van der Waals surface area contributed by atoms with E-state index in [1.807, 2.05) is 37.3 Å². The molecular formula is C29H28FNO4. The second kappa shape index (κ2) is 10.1. The van der Waals surface area contributed by atoms with Gasteiger partial charge in [0.1, 0.15) is 12.4 Å². The lowest BCUT2D eigenvalue weighted by atomic mass is 9.87. The van der Waals surface area contributed by atoms with Crippen LogP contribution in [0.1, 0.15) is 49.9 Å². The van der Waals surface area contributed by atoms with E-state index in [0.29, 0.717) is 18.1 Å². The van der Waals surface area contributed by atoms with Crippen molar-refractivity contribution >= 4 is 17.9 Å². The Hall–Kier alpha value is -3.93. The third kappa shape index (κ3) is 5.96. The van der Waals surface area contributed by atoms with Crippen molar-refractivity contribution in [1.82, 2.24) is 0 Å². The summed E-state index contributed by atoms with van der Waals surface area (Å²) in [5, 5.41) is 0. The molecule has 0 N–H and O–H groups in total. The summed E-state index contributed by atoms with van der Waals surface area (Å²) in [4.78, 5) is 16.9. The largest absolute Gasteiger partial charge is 0.490 e. The van der Waals surface area contributed by atoms with E-state index in [4.69, 9.17) is 14.2 Å². The quantitative estimate of drug-likeness (QED) is 0.292. The van der Waals surface area contributed by atoms with Crippen molar-refractivity contribution in [2.75, 3.05) is 6.61 Å². The Labute approximate surface area is 204 Å². The van der Waals surface area contributed by atoms with Gasteiger partial charge >= 0.3 is 5.97 Å². The Balaban J connectivity index is 1.53. The molecule has 0 saturated carbocycles. The van der Waals surface area contributed by atoms with Crippen LogP contribution in [-0.2, 0) is 21.6 Å². The van der Waals surface area contributed by atoms with Gasteiger partial charge in [-0.25, -0.2) is 14.2 Å². The molecular weight excluding hydrogens is 445 g/mol. The molecule has 1 aliphatic heterocycles. The Kier molecular flexibility index (Phi) is 7.01. The van der Waals surface area contributed by atoms with Crippen LogP contribution in [0.3, 0.4) is 0 Å². The first kappa shape index (κ1) is 24.2. The zero-order valence-corrected chi connectivity index (χ0v) is 20.3. The average Bonchev–Trinajstić information content (AvgIpc) is 3.19. The van der Waals surface area contributed by atoms with Crippen molar-refractivity contribution < 1.29 is 23.4 Å². The van der Waals surface area contributed by atoms with E-state index in [-0.39, 0.29) is 29.4 Å². The van der Waals surface area contributed by atoms with Gasteiger partial charge in [0.15, 0.2) is 17.2 Å². The van der Waals surface area contributed by atoms with Gasteiger partial charge in [-0.2, -0.15) is 0 Å². The fourth-order valence-electron chi connectivity index (χ4n) is 3.55. The first-order valence-corrected chi connectivity index (χ1v) is 11.5. The number of nitrogens with zero attached hydrogens (tertiary/aromatic N) is 1. The molecule has 0 saturated heterocycles. The molecule has 0 aromatic heterocycles. The maximum atomic E-state index is 13.1. The maximum absolute atomic E-state index is 13.1. The lowest BCUT2D eigenvalue weighted by Crippen LogP contribution is -2.11. The van der Waals surface area contributed by atoms with E-state index in [9.17, 15) is 9.18 Å². The molecule has 0 radical (unpaired) electrons. The van der Waals surface area contributed by atoms with Gasteiger partial charge in [0.2, 0.25) is 5.90 Å². The van der Waals surface area contributed by atoms with E-state index in [0.717, 1.165) is 16.7 Å². The smallest absolute Gasteiger partial charge is 0.363 e. The van der Waals surface area contributed by atoms with Crippen LogP contribution >= 0.6 is 0 Å². The highest BCUT2D eigenvalue weighted by atomic mass is 19.1. The van der Waals surface area contributed by atoms with Gasteiger partial charge in [0.05, 0.1) is 6.61 Å². The summed E-state index contributed by atoms with van der Waals surface area (Å²) in [6.45, 7) is 9.03. The summed E-state index contributed by atoms with van der Waals surface area (Å²) >= 11 is 0. The molecule has 1 heterocycles. The number of cyclic esters (lactones) is 1. The molecule has 1 aliphatic rings. The van der Waals surface area contributed by atoms with E-state index >= 15 is 0 Å². The summed E-state index contributed by atoms with van der Waals surface area (Å²) in [6.07, 6.45) is 1.66. The number of aliphatic imine (C=N–C) groups is 1. The number of esters is 1. The van der Waals surface area contributed by atoms with Crippen molar-refractivity contribution in [2.24, 2.45) is 4.99 Å². The van der Waals surface area contributed by atoms with Crippen molar-refractivity contribution in [3.8, 4) is 11.5 Å². The molecule has 6 heteroatoms. The van der Waals surface area contributed by atoms with Gasteiger partial charge in [-0.05, 0) is 71.5 Å². The molecule has 35 heavy (non-hydrogen) atoms. The van der Waals surface area contributed by atoms with Crippen LogP contribution in [-0.4, -0.2) is 18.5 Å². The molecule has 0 aliphatic carbocycles. The van der Waals surface area contributed by atoms with Crippen LogP contribution in [0.5, 0.6) is 11.5 Å². The Morgan fingerprint density at radius 2 is 1.66 bits per heavy atom. The molecule has 0 amide bonds. The summed E-state index contributed by atoms with van der Waals surface area (Å²) in [5.41, 5.74) is 3.74. The predicted octanol–water partition coefficient (Wildman–Crippen LogP) is 6.45.